The second-order valence-corrected chi connectivity index (χ2v) is 12.4. The van der Waals surface area contributed by atoms with Gasteiger partial charge in [-0.25, -0.2) is 4.57 Å². The molecule has 0 saturated heterocycles. The van der Waals surface area contributed by atoms with E-state index in [1.807, 2.05) is 67.6 Å². The zero-order chi connectivity index (χ0) is 25.7. The molecule has 2 fully saturated rings. The Balaban J connectivity index is 1.39. The summed E-state index contributed by atoms with van der Waals surface area (Å²) in [6, 6.07) is 22.5. The molecule has 0 unspecified atom stereocenters. The molecule has 0 heterocycles. The molecule has 3 aromatic carbocycles. The van der Waals surface area contributed by atoms with Gasteiger partial charge in [0.15, 0.2) is 0 Å². The van der Waals surface area contributed by atoms with Gasteiger partial charge in [0, 0.05) is 5.56 Å². The Bertz CT molecular complexity index is 1170. The number of carbonyl (C=O) groups excluding carboxylic acids is 1. The zero-order valence-corrected chi connectivity index (χ0v) is 22.6. The van der Waals surface area contributed by atoms with E-state index < -0.39 is 13.1 Å². The number of hydrogen-bond donors (Lipinski definition) is 0. The fourth-order valence-corrected chi connectivity index (χ4v) is 7.36. The third-order valence-electron chi connectivity index (χ3n) is 7.99. The Kier molecular flexibility index (Phi) is 8.15. The van der Waals surface area contributed by atoms with Crippen molar-refractivity contribution in [1.29, 1.82) is 0 Å². The van der Waals surface area contributed by atoms with Crippen molar-refractivity contribution in [2.24, 2.45) is 0 Å². The van der Waals surface area contributed by atoms with Crippen LogP contribution in [0.15, 0.2) is 72.8 Å². The predicted molar refractivity (Wildman–Crippen MR) is 149 cm³/mol. The van der Waals surface area contributed by atoms with Crippen LogP contribution in [-0.2, 0) is 4.57 Å². The van der Waals surface area contributed by atoms with E-state index in [0.29, 0.717) is 28.9 Å². The van der Waals surface area contributed by atoms with Gasteiger partial charge in [0.2, 0.25) is 0 Å². The molecule has 0 amide bonds. The van der Waals surface area contributed by atoms with Crippen LogP contribution in [0.2, 0.25) is 0 Å². The topological polar surface area (TPSA) is 52.6 Å². The van der Waals surface area contributed by atoms with Crippen molar-refractivity contribution in [3.63, 3.8) is 0 Å². The molecular weight excluding hydrogens is 479 g/mol. The number of rotatable bonds is 8. The van der Waals surface area contributed by atoms with Gasteiger partial charge in [-0.05, 0) is 85.4 Å². The summed E-state index contributed by atoms with van der Waals surface area (Å²) in [6.07, 6.45) is 12.4. The van der Waals surface area contributed by atoms with E-state index in [-0.39, 0.29) is 0 Å². The fourth-order valence-electron chi connectivity index (χ4n) is 5.81. The van der Waals surface area contributed by atoms with Crippen LogP contribution in [0.3, 0.4) is 0 Å². The lowest BCUT2D eigenvalue weighted by atomic mass is 9.84. The van der Waals surface area contributed by atoms with E-state index >= 15 is 0 Å². The van der Waals surface area contributed by atoms with E-state index in [0.717, 1.165) is 5.56 Å². The van der Waals surface area contributed by atoms with Crippen LogP contribution < -0.4 is 9.05 Å². The van der Waals surface area contributed by atoms with Gasteiger partial charge in [-0.15, -0.1) is 0 Å². The maximum Gasteiger partial charge on any atom is 0.503 e. The molecule has 0 spiro atoms. The van der Waals surface area contributed by atoms with E-state index in [9.17, 15) is 9.36 Å². The Morgan fingerprint density at radius 3 is 1.51 bits per heavy atom. The second kappa shape index (κ2) is 11.7. The van der Waals surface area contributed by atoms with E-state index in [1.165, 1.54) is 75.3 Å². The maximum atomic E-state index is 14.2. The van der Waals surface area contributed by atoms with Crippen molar-refractivity contribution >= 4 is 13.1 Å². The smallest absolute Gasteiger partial charge is 0.411 e. The average Bonchev–Trinajstić information content (AvgIpc) is 2.95. The average molecular weight is 517 g/mol. The van der Waals surface area contributed by atoms with Crippen LogP contribution in [0, 0.1) is 6.92 Å². The normalized spacial score (nSPS) is 17.3. The van der Waals surface area contributed by atoms with Crippen molar-refractivity contribution in [3.05, 3.63) is 95.1 Å². The predicted octanol–water partition coefficient (Wildman–Crippen LogP) is 9.58. The molecule has 0 N–H and O–H groups in total. The molecule has 0 aliphatic heterocycles. The lowest BCUT2D eigenvalue weighted by Gasteiger charge is -2.23. The van der Waals surface area contributed by atoms with Crippen LogP contribution in [0.4, 0.5) is 0 Å². The number of benzene rings is 3. The quantitative estimate of drug-likeness (QED) is 0.280. The molecule has 4 nitrogen and oxygen atoms in total. The van der Waals surface area contributed by atoms with Crippen LogP contribution in [-0.4, -0.2) is 5.52 Å². The first-order chi connectivity index (χ1) is 18.0. The highest BCUT2D eigenvalue weighted by molar-refractivity contribution is 7.73. The molecule has 0 aromatic heterocycles. The number of hydrogen-bond acceptors (Lipinski definition) is 4. The Labute approximate surface area is 220 Å². The van der Waals surface area contributed by atoms with Gasteiger partial charge in [0.25, 0.3) is 5.52 Å². The van der Waals surface area contributed by atoms with Gasteiger partial charge in [0.1, 0.15) is 11.5 Å². The van der Waals surface area contributed by atoms with Crippen molar-refractivity contribution in [2.45, 2.75) is 83.0 Å². The Morgan fingerprint density at radius 2 is 1.08 bits per heavy atom. The molecule has 194 valence electrons. The summed E-state index contributed by atoms with van der Waals surface area (Å²) < 4.78 is 26.1. The van der Waals surface area contributed by atoms with E-state index in [2.05, 4.69) is 0 Å². The summed E-state index contributed by atoms with van der Waals surface area (Å²) in [5, 5.41) is 0. The minimum atomic E-state index is -4.24. The van der Waals surface area contributed by atoms with Crippen molar-refractivity contribution in [1.82, 2.24) is 0 Å². The zero-order valence-electron chi connectivity index (χ0n) is 21.7. The van der Waals surface area contributed by atoms with Crippen LogP contribution >= 0.6 is 7.60 Å². The van der Waals surface area contributed by atoms with Gasteiger partial charge in [-0.1, -0.05) is 87.1 Å². The highest BCUT2D eigenvalue weighted by Gasteiger charge is 2.40. The SMILES string of the molecule is Cc1ccccc1C(=O)P(=O)(Oc1ccc(C2CCCCC2)cc1)Oc1ccc(C2CCCCC2)cc1. The van der Waals surface area contributed by atoms with Gasteiger partial charge < -0.3 is 9.05 Å². The molecule has 37 heavy (non-hydrogen) atoms. The highest BCUT2D eigenvalue weighted by Crippen LogP contribution is 2.52. The van der Waals surface area contributed by atoms with E-state index in [4.69, 9.17) is 9.05 Å². The monoisotopic (exact) mass is 516 g/mol. The summed E-state index contributed by atoms with van der Waals surface area (Å²) in [4.78, 5) is 13.6. The summed E-state index contributed by atoms with van der Waals surface area (Å²) in [6.45, 7) is 1.83. The van der Waals surface area contributed by atoms with Gasteiger partial charge in [-0.3, -0.25) is 4.79 Å². The standard InChI is InChI=1S/C32H37O4P/c1-24-10-8-9-15-31(24)32(33)37(34,35-29-20-16-27(17-21-29)25-11-4-2-5-12-25)36-30-22-18-28(19-23-30)26-13-6-3-7-14-26/h8-10,15-23,25-26H,2-7,11-14H2,1H3. The third kappa shape index (κ3) is 6.18. The van der Waals surface area contributed by atoms with Gasteiger partial charge in [-0.2, -0.15) is 0 Å². The molecule has 3 aromatic rings. The molecule has 5 heteroatoms. The van der Waals surface area contributed by atoms with E-state index in [1.54, 1.807) is 12.1 Å². The van der Waals surface area contributed by atoms with Crippen molar-refractivity contribution in [3.8, 4) is 11.5 Å². The largest absolute Gasteiger partial charge is 0.503 e. The first-order valence-electron chi connectivity index (χ1n) is 13.8. The molecule has 0 atom stereocenters. The number of aryl methyl sites for hydroxylation is 1. The van der Waals surface area contributed by atoms with Gasteiger partial charge >= 0.3 is 7.60 Å². The summed E-state index contributed by atoms with van der Waals surface area (Å²) in [5.41, 5.74) is 3.00. The summed E-state index contributed by atoms with van der Waals surface area (Å²) in [5.74, 6) is 1.87. The minimum absolute atomic E-state index is 0.350. The molecule has 0 radical (unpaired) electrons. The first-order valence-corrected chi connectivity index (χ1v) is 15.4. The lowest BCUT2D eigenvalue weighted by Crippen LogP contribution is -2.13. The fraction of sp³-hybridized carbons (Fsp3) is 0.406. The molecule has 5 rings (SSSR count). The molecule has 2 aliphatic rings. The van der Waals surface area contributed by atoms with Gasteiger partial charge in [0.05, 0.1) is 0 Å². The minimum Gasteiger partial charge on any atom is -0.411 e. The summed E-state index contributed by atoms with van der Waals surface area (Å²) in [7, 11) is -4.24. The van der Waals surface area contributed by atoms with Crippen LogP contribution in [0.5, 0.6) is 11.5 Å². The Morgan fingerprint density at radius 1 is 0.649 bits per heavy atom. The third-order valence-corrected chi connectivity index (χ3v) is 9.63. The highest BCUT2D eigenvalue weighted by atomic mass is 31.2. The van der Waals surface area contributed by atoms with Crippen LogP contribution in [0.1, 0.15) is 103 Å². The lowest BCUT2D eigenvalue weighted by molar-refractivity contribution is 0.104. The van der Waals surface area contributed by atoms with Crippen molar-refractivity contribution < 1.29 is 18.4 Å². The van der Waals surface area contributed by atoms with Crippen LogP contribution in [0.25, 0.3) is 0 Å². The Hall–Kier alpha value is -2.84. The molecule has 0 bridgehead atoms. The van der Waals surface area contributed by atoms with Crippen molar-refractivity contribution in [2.75, 3.05) is 0 Å². The summed E-state index contributed by atoms with van der Waals surface area (Å²) >= 11 is 0. The molecular formula is C32H37O4P. The molecule has 2 saturated carbocycles. The first kappa shape index (κ1) is 25.8. The second-order valence-electron chi connectivity index (χ2n) is 10.6. The molecule has 2 aliphatic carbocycles. The number of carbonyl (C=O) groups is 1. The maximum absolute atomic E-state index is 14.2.